The number of hydrogen-bond acceptors (Lipinski definition) is 1. The van der Waals surface area contributed by atoms with E-state index in [2.05, 4.69) is 56.4 Å². The van der Waals surface area contributed by atoms with Crippen molar-refractivity contribution in [2.24, 2.45) is 5.92 Å². The number of nitrogens with one attached hydrogen (secondary N) is 1. The fourth-order valence-corrected chi connectivity index (χ4v) is 2.40. The van der Waals surface area contributed by atoms with Gasteiger partial charge in [0.2, 0.25) is 0 Å². The molecule has 1 nitrogen and oxygen atoms in total. The second-order valence-corrected chi connectivity index (χ2v) is 5.55. The first-order valence-corrected chi connectivity index (χ1v) is 7.52. The van der Waals surface area contributed by atoms with Crippen LogP contribution in [-0.2, 0) is 0 Å². The van der Waals surface area contributed by atoms with E-state index in [-0.39, 0.29) is 0 Å². The highest BCUT2D eigenvalue weighted by molar-refractivity contribution is 5.18. The molecule has 1 heteroatoms. The van der Waals surface area contributed by atoms with Crippen LogP contribution >= 0.6 is 0 Å². The molecule has 1 unspecified atom stereocenters. The molecule has 0 saturated heterocycles. The van der Waals surface area contributed by atoms with E-state index in [0.717, 1.165) is 12.5 Å². The van der Waals surface area contributed by atoms with E-state index in [1.54, 1.807) is 0 Å². The van der Waals surface area contributed by atoms with Gasteiger partial charge in [-0.05, 0) is 24.4 Å². The van der Waals surface area contributed by atoms with E-state index in [1.807, 2.05) is 0 Å². The normalized spacial score (nSPS) is 12.9. The molecule has 1 N–H and O–H groups in total. The predicted octanol–water partition coefficient (Wildman–Crippen LogP) is 4.94. The molecule has 1 rings (SSSR count). The molecule has 0 aliphatic carbocycles. The maximum atomic E-state index is 3.60. The maximum absolute atomic E-state index is 3.60. The Hall–Kier alpha value is -0.820. The second kappa shape index (κ2) is 9.16. The van der Waals surface area contributed by atoms with Gasteiger partial charge in [-0.25, -0.2) is 0 Å². The molecule has 0 aliphatic heterocycles. The highest BCUT2D eigenvalue weighted by atomic mass is 14.9. The Morgan fingerprint density at radius 3 is 2.22 bits per heavy atom. The van der Waals surface area contributed by atoms with Crippen LogP contribution in [-0.4, -0.2) is 6.54 Å². The van der Waals surface area contributed by atoms with Gasteiger partial charge in [0.25, 0.3) is 0 Å². The van der Waals surface area contributed by atoms with Crippen molar-refractivity contribution in [1.29, 1.82) is 0 Å². The molecule has 0 aromatic heterocycles. The highest BCUT2D eigenvalue weighted by Crippen LogP contribution is 2.20. The zero-order valence-corrected chi connectivity index (χ0v) is 12.3. The van der Waals surface area contributed by atoms with Crippen molar-refractivity contribution in [1.82, 2.24) is 5.32 Å². The molecule has 0 fully saturated rings. The Bertz CT molecular complexity index is 292. The monoisotopic (exact) mass is 247 g/mol. The summed E-state index contributed by atoms with van der Waals surface area (Å²) < 4.78 is 0. The van der Waals surface area contributed by atoms with Gasteiger partial charge in [-0.3, -0.25) is 0 Å². The van der Waals surface area contributed by atoms with E-state index in [4.69, 9.17) is 0 Å². The summed E-state index contributed by atoms with van der Waals surface area (Å²) in [5, 5.41) is 3.60. The number of benzene rings is 1. The van der Waals surface area contributed by atoms with Crippen molar-refractivity contribution < 1.29 is 0 Å². The third kappa shape index (κ3) is 6.20. The molecule has 0 saturated carbocycles. The SMILES string of the molecule is CCNC(CCCCCC(C)C)c1ccccc1. The minimum Gasteiger partial charge on any atom is -0.310 e. The molecule has 0 aliphatic rings. The summed E-state index contributed by atoms with van der Waals surface area (Å²) in [5.74, 6) is 0.851. The lowest BCUT2D eigenvalue weighted by atomic mass is 9.98. The first-order valence-electron chi connectivity index (χ1n) is 7.52. The van der Waals surface area contributed by atoms with Crippen LogP contribution in [0, 0.1) is 5.92 Å². The summed E-state index contributed by atoms with van der Waals surface area (Å²) in [6, 6.07) is 11.4. The summed E-state index contributed by atoms with van der Waals surface area (Å²) in [6.07, 6.45) is 6.71. The molecule has 0 radical (unpaired) electrons. The van der Waals surface area contributed by atoms with Gasteiger partial charge in [0, 0.05) is 6.04 Å². The lowest BCUT2D eigenvalue weighted by molar-refractivity contribution is 0.463. The van der Waals surface area contributed by atoms with Gasteiger partial charge in [-0.15, -0.1) is 0 Å². The molecule has 102 valence electrons. The highest BCUT2D eigenvalue weighted by Gasteiger charge is 2.08. The Kier molecular flexibility index (Phi) is 7.75. The van der Waals surface area contributed by atoms with Gasteiger partial charge in [0.05, 0.1) is 0 Å². The van der Waals surface area contributed by atoms with Gasteiger partial charge >= 0.3 is 0 Å². The summed E-state index contributed by atoms with van der Waals surface area (Å²) in [7, 11) is 0. The smallest absolute Gasteiger partial charge is 0.0320 e. The van der Waals surface area contributed by atoms with Crippen LogP contribution in [0.25, 0.3) is 0 Å². The van der Waals surface area contributed by atoms with Crippen LogP contribution in [0.1, 0.15) is 64.5 Å². The van der Waals surface area contributed by atoms with Crippen LogP contribution in [0.3, 0.4) is 0 Å². The molecule has 0 heterocycles. The Balaban J connectivity index is 2.31. The standard InChI is InChI=1S/C17H29N/c1-4-18-17(16-12-8-6-9-13-16)14-10-5-7-11-15(2)3/h6,8-9,12-13,15,17-18H,4-5,7,10-11,14H2,1-3H3. The lowest BCUT2D eigenvalue weighted by Gasteiger charge is -2.18. The Morgan fingerprint density at radius 1 is 0.944 bits per heavy atom. The molecule has 18 heavy (non-hydrogen) atoms. The van der Waals surface area contributed by atoms with Crippen molar-refractivity contribution in [2.45, 2.75) is 58.9 Å². The van der Waals surface area contributed by atoms with Crippen LogP contribution < -0.4 is 5.32 Å². The Labute approximate surface area is 113 Å². The Morgan fingerprint density at radius 2 is 1.61 bits per heavy atom. The molecular weight excluding hydrogens is 218 g/mol. The third-order valence-electron chi connectivity index (χ3n) is 3.43. The molecule has 0 bridgehead atoms. The zero-order chi connectivity index (χ0) is 13.2. The minimum absolute atomic E-state index is 0.537. The second-order valence-electron chi connectivity index (χ2n) is 5.55. The topological polar surface area (TPSA) is 12.0 Å². The molecule has 1 atom stereocenters. The fourth-order valence-electron chi connectivity index (χ4n) is 2.40. The van der Waals surface area contributed by atoms with E-state index < -0.39 is 0 Å². The van der Waals surface area contributed by atoms with Crippen molar-refractivity contribution in [3.8, 4) is 0 Å². The fraction of sp³-hybridized carbons (Fsp3) is 0.647. The van der Waals surface area contributed by atoms with E-state index in [9.17, 15) is 0 Å². The van der Waals surface area contributed by atoms with Gasteiger partial charge in [-0.2, -0.15) is 0 Å². The molecular formula is C17H29N. The average molecular weight is 247 g/mol. The van der Waals surface area contributed by atoms with E-state index in [1.165, 1.54) is 37.7 Å². The number of rotatable bonds is 9. The van der Waals surface area contributed by atoms with Crippen LogP contribution in [0.4, 0.5) is 0 Å². The lowest BCUT2D eigenvalue weighted by Crippen LogP contribution is -2.20. The summed E-state index contributed by atoms with van der Waals surface area (Å²) >= 11 is 0. The van der Waals surface area contributed by atoms with E-state index in [0.29, 0.717) is 6.04 Å². The van der Waals surface area contributed by atoms with Crippen molar-refractivity contribution in [3.05, 3.63) is 35.9 Å². The third-order valence-corrected chi connectivity index (χ3v) is 3.43. The van der Waals surface area contributed by atoms with Crippen molar-refractivity contribution >= 4 is 0 Å². The van der Waals surface area contributed by atoms with Gasteiger partial charge in [0.15, 0.2) is 0 Å². The molecule has 1 aromatic rings. The van der Waals surface area contributed by atoms with Gasteiger partial charge in [0.1, 0.15) is 0 Å². The first kappa shape index (κ1) is 15.2. The van der Waals surface area contributed by atoms with Gasteiger partial charge < -0.3 is 5.32 Å². The largest absolute Gasteiger partial charge is 0.310 e. The summed E-state index contributed by atoms with van der Waals surface area (Å²) in [5.41, 5.74) is 1.43. The van der Waals surface area contributed by atoms with Crippen LogP contribution in [0.2, 0.25) is 0 Å². The number of unbranched alkanes of at least 4 members (excludes halogenated alkanes) is 2. The first-order chi connectivity index (χ1) is 8.74. The predicted molar refractivity (Wildman–Crippen MR) is 80.8 cm³/mol. The summed E-state index contributed by atoms with van der Waals surface area (Å²) in [4.78, 5) is 0. The number of hydrogen-bond donors (Lipinski definition) is 1. The van der Waals surface area contributed by atoms with Crippen LogP contribution in [0.15, 0.2) is 30.3 Å². The molecule has 0 spiro atoms. The van der Waals surface area contributed by atoms with Crippen LogP contribution in [0.5, 0.6) is 0 Å². The minimum atomic E-state index is 0.537. The molecule has 1 aromatic carbocycles. The van der Waals surface area contributed by atoms with Crippen molar-refractivity contribution in [3.63, 3.8) is 0 Å². The maximum Gasteiger partial charge on any atom is 0.0320 e. The quantitative estimate of drug-likeness (QED) is 0.609. The molecule has 0 amide bonds. The zero-order valence-electron chi connectivity index (χ0n) is 12.3. The van der Waals surface area contributed by atoms with E-state index >= 15 is 0 Å². The average Bonchev–Trinajstić information content (AvgIpc) is 2.38. The summed E-state index contributed by atoms with van der Waals surface area (Å²) in [6.45, 7) is 7.86. The van der Waals surface area contributed by atoms with Gasteiger partial charge in [-0.1, -0.05) is 76.8 Å². The van der Waals surface area contributed by atoms with Crippen molar-refractivity contribution in [2.75, 3.05) is 6.54 Å².